The molecule has 3 unspecified atom stereocenters. The van der Waals surface area contributed by atoms with Gasteiger partial charge in [-0.15, -0.1) is 0 Å². The standard InChI is InChI=1S/C15H19NOS/c1-2-14(11-6-4-3-5-7-11)15(17)16-9-13-8-12(16)10-18-13/h3-7,12-14H,2,8-10H2,1H3. The molecule has 1 aromatic rings. The Balaban J connectivity index is 1.78. The summed E-state index contributed by atoms with van der Waals surface area (Å²) in [6.45, 7) is 3.08. The van der Waals surface area contributed by atoms with Crippen molar-refractivity contribution in [3.63, 3.8) is 0 Å². The fourth-order valence-corrected chi connectivity index (χ4v) is 4.54. The van der Waals surface area contributed by atoms with Gasteiger partial charge in [-0.05, 0) is 18.4 Å². The Hall–Kier alpha value is -0.960. The van der Waals surface area contributed by atoms with Crippen LogP contribution in [0.5, 0.6) is 0 Å². The van der Waals surface area contributed by atoms with E-state index in [1.54, 1.807) is 0 Å². The Morgan fingerprint density at radius 2 is 2.22 bits per heavy atom. The number of thioether (sulfide) groups is 1. The molecule has 3 rings (SSSR count). The van der Waals surface area contributed by atoms with Crippen molar-refractivity contribution >= 4 is 17.7 Å². The summed E-state index contributed by atoms with van der Waals surface area (Å²) >= 11 is 2.03. The zero-order valence-electron chi connectivity index (χ0n) is 10.7. The summed E-state index contributed by atoms with van der Waals surface area (Å²) in [6.07, 6.45) is 2.10. The van der Waals surface area contributed by atoms with E-state index in [-0.39, 0.29) is 5.92 Å². The Bertz CT molecular complexity index is 433. The largest absolute Gasteiger partial charge is 0.337 e. The lowest BCUT2D eigenvalue weighted by Gasteiger charge is -2.30. The Kier molecular flexibility index (Phi) is 3.33. The number of hydrogen-bond donors (Lipinski definition) is 0. The number of fused-ring (bicyclic) bond motifs is 2. The minimum Gasteiger partial charge on any atom is -0.337 e. The number of likely N-dealkylation sites (tertiary alicyclic amines) is 1. The molecule has 96 valence electrons. The first kappa shape index (κ1) is 12.1. The summed E-state index contributed by atoms with van der Waals surface area (Å²) in [6, 6.07) is 10.7. The highest BCUT2D eigenvalue weighted by atomic mass is 32.2. The second-order valence-corrected chi connectivity index (χ2v) is 6.54. The second-order valence-electron chi connectivity index (χ2n) is 5.21. The van der Waals surface area contributed by atoms with E-state index in [9.17, 15) is 4.79 Å². The average molecular weight is 261 g/mol. The van der Waals surface area contributed by atoms with E-state index in [0.29, 0.717) is 17.2 Å². The van der Waals surface area contributed by atoms with Crippen LogP contribution in [-0.2, 0) is 4.79 Å². The van der Waals surface area contributed by atoms with Gasteiger partial charge in [-0.2, -0.15) is 11.8 Å². The van der Waals surface area contributed by atoms with Crippen LogP contribution in [0.2, 0.25) is 0 Å². The molecular formula is C15H19NOS. The van der Waals surface area contributed by atoms with Crippen molar-refractivity contribution in [1.29, 1.82) is 0 Å². The van der Waals surface area contributed by atoms with Crippen LogP contribution in [0, 0.1) is 0 Å². The maximum absolute atomic E-state index is 12.7. The number of carbonyl (C=O) groups excluding carboxylic acids is 1. The number of nitrogens with zero attached hydrogens (tertiary/aromatic N) is 1. The normalized spacial score (nSPS) is 27.5. The first-order valence-corrected chi connectivity index (χ1v) is 7.81. The van der Waals surface area contributed by atoms with Crippen LogP contribution < -0.4 is 0 Å². The predicted octanol–water partition coefficient (Wildman–Crippen LogP) is 2.90. The first-order valence-electron chi connectivity index (χ1n) is 6.76. The van der Waals surface area contributed by atoms with Crippen LogP contribution >= 0.6 is 11.8 Å². The van der Waals surface area contributed by atoms with Gasteiger partial charge in [-0.1, -0.05) is 37.3 Å². The van der Waals surface area contributed by atoms with Crippen molar-refractivity contribution in [3.8, 4) is 0 Å². The van der Waals surface area contributed by atoms with E-state index in [0.717, 1.165) is 18.7 Å². The van der Waals surface area contributed by atoms with E-state index >= 15 is 0 Å². The summed E-state index contributed by atoms with van der Waals surface area (Å²) < 4.78 is 0. The highest BCUT2D eigenvalue weighted by Gasteiger charge is 2.42. The molecule has 0 radical (unpaired) electrons. The van der Waals surface area contributed by atoms with Gasteiger partial charge in [0.2, 0.25) is 5.91 Å². The van der Waals surface area contributed by atoms with E-state index in [1.165, 1.54) is 12.0 Å². The van der Waals surface area contributed by atoms with Crippen LogP contribution in [0.4, 0.5) is 0 Å². The number of carbonyl (C=O) groups is 1. The molecule has 0 spiro atoms. The molecule has 2 heterocycles. The van der Waals surface area contributed by atoms with E-state index in [4.69, 9.17) is 0 Å². The van der Waals surface area contributed by atoms with Gasteiger partial charge in [-0.3, -0.25) is 4.79 Å². The van der Waals surface area contributed by atoms with Crippen molar-refractivity contribution in [2.24, 2.45) is 0 Å². The molecule has 2 fully saturated rings. The molecule has 3 heteroatoms. The molecule has 0 aromatic heterocycles. The van der Waals surface area contributed by atoms with Crippen molar-refractivity contribution in [1.82, 2.24) is 4.90 Å². The van der Waals surface area contributed by atoms with Gasteiger partial charge in [0.1, 0.15) is 0 Å². The Labute approximate surface area is 113 Å². The molecule has 2 aliphatic rings. The molecule has 0 saturated carbocycles. The Morgan fingerprint density at radius 1 is 1.44 bits per heavy atom. The monoisotopic (exact) mass is 261 g/mol. The van der Waals surface area contributed by atoms with Crippen molar-refractivity contribution < 1.29 is 4.79 Å². The van der Waals surface area contributed by atoms with Gasteiger partial charge < -0.3 is 4.90 Å². The molecule has 1 aromatic carbocycles. The maximum Gasteiger partial charge on any atom is 0.230 e. The average Bonchev–Trinajstić information content (AvgIpc) is 3.03. The third-order valence-electron chi connectivity index (χ3n) is 4.09. The zero-order chi connectivity index (χ0) is 12.5. The summed E-state index contributed by atoms with van der Waals surface area (Å²) in [5, 5.41) is 0.701. The van der Waals surface area contributed by atoms with Crippen LogP contribution in [0.3, 0.4) is 0 Å². The quantitative estimate of drug-likeness (QED) is 0.834. The van der Waals surface area contributed by atoms with Crippen molar-refractivity contribution in [2.45, 2.75) is 37.0 Å². The van der Waals surface area contributed by atoms with E-state index in [2.05, 4.69) is 24.0 Å². The fourth-order valence-electron chi connectivity index (χ4n) is 3.11. The minimum absolute atomic E-state index is 0.0514. The van der Waals surface area contributed by atoms with Gasteiger partial charge >= 0.3 is 0 Å². The smallest absolute Gasteiger partial charge is 0.230 e. The lowest BCUT2D eigenvalue weighted by Crippen LogP contribution is -2.41. The molecular weight excluding hydrogens is 242 g/mol. The summed E-state index contributed by atoms with van der Waals surface area (Å²) in [7, 11) is 0. The van der Waals surface area contributed by atoms with Crippen LogP contribution in [0.25, 0.3) is 0 Å². The first-order chi connectivity index (χ1) is 8.79. The molecule has 2 saturated heterocycles. The molecule has 0 N–H and O–H groups in total. The van der Waals surface area contributed by atoms with Gasteiger partial charge in [-0.25, -0.2) is 0 Å². The van der Waals surface area contributed by atoms with Crippen molar-refractivity contribution in [2.75, 3.05) is 12.3 Å². The maximum atomic E-state index is 12.7. The molecule has 18 heavy (non-hydrogen) atoms. The highest BCUT2D eigenvalue weighted by molar-refractivity contribution is 8.00. The molecule has 2 nitrogen and oxygen atoms in total. The number of rotatable bonds is 3. The molecule has 2 aliphatic heterocycles. The fraction of sp³-hybridized carbons (Fsp3) is 0.533. The number of amides is 1. The van der Waals surface area contributed by atoms with Crippen LogP contribution in [-0.4, -0.2) is 34.4 Å². The predicted molar refractivity (Wildman–Crippen MR) is 75.8 cm³/mol. The third kappa shape index (κ3) is 2.05. The topological polar surface area (TPSA) is 20.3 Å². The molecule has 1 amide bonds. The molecule has 3 atom stereocenters. The zero-order valence-corrected chi connectivity index (χ0v) is 11.5. The van der Waals surface area contributed by atoms with Gasteiger partial charge in [0.05, 0.1) is 5.92 Å². The van der Waals surface area contributed by atoms with Crippen LogP contribution in [0.1, 0.15) is 31.2 Å². The van der Waals surface area contributed by atoms with E-state index < -0.39 is 0 Å². The summed E-state index contributed by atoms with van der Waals surface area (Å²) in [5.74, 6) is 1.54. The van der Waals surface area contributed by atoms with Gasteiger partial charge in [0.25, 0.3) is 0 Å². The second kappa shape index (κ2) is 4.96. The molecule has 2 bridgehead atoms. The highest BCUT2D eigenvalue weighted by Crippen LogP contribution is 2.39. The number of benzene rings is 1. The van der Waals surface area contributed by atoms with E-state index in [1.807, 2.05) is 30.0 Å². The summed E-state index contributed by atoms with van der Waals surface area (Å²) in [5.41, 5.74) is 1.17. The SMILES string of the molecule is CCC(C(=O)N1CC2CC1CS2)c1ccccc1. The molecule has 0 aliphatic carbocycles. The lowest BCUT2D eigenvalue weighted by atomic mass is 9.95. The Morgan fingerprint density at radius 3 is 2.78 bits per heavy atom. The third-order valence-corrected chi connectivity index (χ3v) is 5.48. The van der Waals surface area contributed by atoms with Crippen LogP contribution in [0.15, 0.2) is 30.3 Å². The van der Waals surface area contributed by atoms with Crippen molar-refractivity contribution in [3.05, 3.63) is 35.9 Å². The lowest BCUT2D eigenvalue weighted by molar-refractivity contribution is -0.133. The van der Waals surface area contributed by atoms with Gasteiger partial charge in [0, 0.05) is 23.6 Å². The summed E-state index contributed by atoms with van der Waals surface area (Å²) in [4.78, 5) is 14.8. The van der Waals surface area contributed by atoms with Gasteiger partial charge in [0.15, 0.2) is 0 Å². The number of hydrogen-bond acceptors (Lipinski definition) is 2. The minimum atomic E-state index is 0.0514.